The number of fused-ring (bicyclic) bond motifs is 1. The standard InChI is InChI=1S/C26H38N4O2/c1-26(2)22-11-7-8-12-23(22)29(3)24(26)17-21(31)18-30-15-13-20(14-16-30)28-25(32)27-19-9-5-4-6-10-19/h7-8,11-12,17,19-20H,4-6,9-10,13-16,18H2,1-3H3,(H2,27,28,32)/b24-17-. The Labute approximate surface area is 192 Å². The molecule has 0 spiro atoms. The number of carbonyl (C=O) groups is 2. The Hall–Kier alpha value is -2.34. The Morgan fingerprint density at radius 2 is 1.62 bits per heavy atom. The number of hydrogen-bond donors (Lipinski definition) is 2. The van der Waals surface area contributed by atoms with E-state index in [0.29, 0.717) is 12.6 Å². The minimum Gasteiger partial charge on any atom is -0.347 e. The van der Waals surface area contributed by atoms with Crippen LogP contribution in [0.5, 0.6) is 0 Å². The molecular formula is C26H38N4O2. The Kier molecular flexibility index (Phi) is 6.89. The molecule has 2 fully saturated rings. The van der Waals surface area contributed by atoms with Crippen molar-refractivity contribution in [2.24, 2.45) is 0 Å². The number of anilines is 1. The molecule has 1 aromatic carbocycles. The predicted octanol–water partition coefficient (Wildman–Crippen LogP) is 3.96. The van der Waals surface area contributed by atoms with Gasteiger partial charge in [-0.25, -0.2) is 4.79 Å². The molecule has 0 aromatic heterocycles. The highest BCUT2D eigenvalue weighted by Crippen LogP contribution is 2.46. The Morgan fingerprint density at radius 1 is 1.00 bits per heavy atom. The maximum Gasteiger partial charge on any atom is 0.315 e. The number of nitrogens with zero attached hydrogens (tertiary/aromatic N) is 2. The minimum absolute atomic E-state index is 0.0257. The summed E-state index contributed by atoms with van der Waals surface area (Å²) in [5.74, 6) is 0.147. The van der Waals surface area contributed by atoms with Gasteiger partial charge in [-0.1, -0.05) is 51.3 Å². The van der Waals surface area contributed by atoms with Crippen molar-refractivity contribution in [2.75, 3.05) is 31.6 Å². The van der Waals surface area contributed by atoms with E-state index in [4.69, 9.17) is 0 Å². The molecule has 0 atom stereocenters. The van der Waals surface area contributed by atoms with Crippen molar-refractivity contribution in [3.05, 3.63) is 41.6 Å². The maximum absolute atomic E-state index is 12.9. The number of ketones is 1. The smallest absolute Gasteiger partial charge is 0.315 e. The molecule has 2 heterocycles. The summed E-state index contributed by atoms with van der Waals surface area (Å²) < 4.78 is 0. The summed E-state index contributed by atoms with van der Waals surface area (Å²) in [5, 5.41) is 6.28. The zero-order chi connectivity index (χ0) is 22.7. The molecular weight excluding hydrogens is 400 g/mol. The van der Waals surface area contributed by atoms with Crippen LogP contribution in [-0.2, 0) is 10.2 Å². The number of para-hydroxylation sites is 1. The molecule has 2 N–H and O–H groups in total. The average Bonchev–Trinajstić information content (AvgIpc) is 2.97. The predicted molar refractivity (Wildman–Crippen MR) is 129 cm³/mol. The fraction of sp³-hybridized carbons (Fsp3) is 0.615. The number of carbonyl (C=O) groups excluding carboxylic acids is 2. The lowest BCUT2D eigenvalue weighted by atomic mass is 9.83. The molecule has 2 amide bonds. The van der Waals surface area contributed by atoms with Crippen molar-refractivity contribution in [1.29, 1.82) is 0 Å². The minimum atomic E-state index is -0.177. The second-order valence-electron chi connectivity index (χ2n) is 10.2. The van der Waals surface area contributed by atoms with Crippen molar-refractivity contribution in [2.45, 2.75) is 76.3 Å². The van der Waals surface area contributed by atoms with Crippen LogP contribution < -0.4 is 15.5 Å². The first-order valence-corrected chi connectivity index (χ1v) is 12.2. The van der Waals surface area contributed by atoms with E-state index in [1.807, 2.05) is 19.2 Å². The topological polar surface area (TPSA) is 64.7 Å². The van der Waals surface area contributed by atoms with E-state index in [0.717, 1.165) is 44.5 Å². The Balaban J connectivity index is 1.25. The van der Waals surface area contributed by atoms with Crippen molar-refractivity contribution >= 4 is 17.5 Å². The van der Waals surface area contributed by atoms with E-state index >= 15 is 0 Å². The maximum atomic E-state index is 12.9. The van der Waals surface area contributed by atoms with Crippen LogP contribution in [0.3, 0.4) is 0 Å². The zero-order valence-corrected chi connectivity index (χ0v) is 19.8. The first-order chi connectivity index (χ1) is 15.3. The van der Waals surface area contributed by atoms with Gasteiger partial charge in [0.1, 0.15) is 0 Å². The number of likely N-dealkylation sites (tertiary alicyclic amines) is 1. The summed E-state index contributed by atoms with van der Waals surface area (Å²) in [6, 6.07) is 8.87. The van der Waals surface area contributed by atoms with Gasteiger partial charge in [0.25, 0.3) is 0 Å². The summed E-state index contributed by atoms with van der Waals surface area (Å²) in [5.41, 5.74) is 3.32. The molecule has 0 radical (unpaired) electrons. The number of nitrogens with one attached hydrogen (secondary N) is 2. The van der Waals surface area contributed by atoms with Gasteiger partial charge in [0.2, 0.25) is 0 Å². The number of urea groups is 1. The van der Waals surface area contributed by atoms with Gasteiger partial charge in [-0.15, -0.1) is 0 Å². The number of amides is 2. The molecule has 4 rings (SSSR count). The molecule has 174 valence electrons. The number of hydrogen-bond acceptors (Lipinski definition) is 4. The zero-order valence-electron chi connectivity index (χ0n) is 19.8. The van der Waals surface area contributed by atoms with Gasteiger partial charge < -0.3 is 15.5 Å². The Morgan fingerprint density at radius 3 is 2.28 bits per heavy atom. The van der Waals surface area contributed by atoms with Crippen LogP contribution >= 0.6 is 0 Å². The molecule has 6 heteroatoms. The molecule has 1 aromatic rings. The van der Waals surface area contributed by atoms with E-state index in [1.165, 1.54) is 30.5 Å². The summed E-state index contributed by atoms with van der Waals surface area (Å²) in [6.07, 6.45) is 9.52. The SMILES string of the molecule is CN1/C(=C\C(=O)CN2CCC(NC(=O)NC3CCCCC3)CC2)C(C)(C)c2ccccc21. The fourth-order valence-corrected chi connectivity index (χ4v) is 5.57. The fourth-order valence-electron chi connectivity index (χ4n) is 5.57. The number of allylic oxidation sites excluding steroid dienone is 1. The van der Waals surface area contributed by atoms with Crippen molar-refractivity contribution in [3.63, 3.8) is 0 Å². The van der Waals surface area contributed by atoms with E-state index in [2.05, 4.69) is 52.5 Å². The molecule has 1 aliphatic carbocycles. The number of piperidine rings is 1. The highest BCUT2D eigenvalue weighted by atomic mass is 16.2. The van der Waals surface area contributed by atoms with Gasteiger partial charge in [-0.3, -0.25) is 9.69 Å². The summed E-state index contributed by atoms with van der Waals surface area (Å²) in [6.45, 7) is 6.48. The van der Waals surface area contributed by atoms with E-state index in [-0.39, 0.29) is 23.3 Å². The van der Waals surface area contributed by atoms with Crippen LogP contribution in [0.1, 0.15) is 64.4 Å². The second-order valence-corrected chi connectivity index (χ2v) is 10.2. The third kappa shape index (κ3) is 5.01. The van der Waals surface area contributed by atoms with Gasteiger partial charge in [0, 0.05) is 55.1 Å². The van der Waals surface area contributed by atoms with Crippen molar-refractivity contribution in [1.82, 2.24) is 15.5 Å². The summed E-state index contributed by atoms with van der Waals surface area (Å²) >= 11 is 0. The molecule has 6 nitrogen and oxygen atoms in total. The van der Waals surface area contributed by atoms with Crippen LogP contribution in [0.4, 0.5) is 10.5 Å². The van der Waals surface area contributed by atoms with Gasteiger partial charge in [0.05, 0.1) is 6.54 Å². The molecule has 1 saturated carbocycles. The lowest BCUT2D eigenvalue weighted by molar-refractivity contribution is -0.116. The molecule has 2 aliphatic heterocycles. The third-order valence-electron chi connectivity index (χ3n) is 7.48. The number of rotatable bonds is 5. The van der Waals surface area contributed by atoms with Gasteiger partial charge >= 0.3 is 6.03 Å². The Bertz CT molecular complexity index is 864. The number of benzene rings is 1. The van der Waals surface area contributed by atoms with Crippen molar-refractivity contribution < 1.29 is 9.59 Å². The molecule has 3 aliphatic rings. The van der Waals surface area contributed by atoms with Crippen LogP contribution in [0.15, 0.2) is 36.0 Å². The largest absolute Gasteiger partial charge is 0.347 e. The monoisotopic (exact) mass is 438 g/mol. The normalized spacial score (nSPS) is 23.2. The van der Waals surface area contributed by atoms with E-state index in [9.17, 15) is 9.59 Å². The molecule has 1 saturated heterocycles. The lowest BCUT2D eigenvalue weighted by Crippen LogP contribution is -2.50. The summed E-state index contributed by atoms with van der Waals surface area (Å²) in [7, 11) is 2.04. The first kappa shape index (κ1) is 22.8. The second kappa shape index (κ2) is 9.65. The van der Waals surface area contributed by atoms with Gasteiger partial charge in [-0.2, -0.15) is 0 Å². The quantitative estimate of drug-likeness (QED) is 0.683. The van der Waals surface area contributed by atoms with E-state index < -0.39 is 0 Å². The molecule has 32 heavy (non-hydrogen) atoms. The van der Waals surface area contributed by atoms with E-state index in [1.54, 1.807) is 0 Å². The van der Waals surface area contributed by atoms with Crippen molar-refractivity contribution in [3.8, 4) is 0 Å². The third-order valence-corrected chi connectivity index (χ3v) is 7.48. The van der Waals surface area contributed by atoms with Gasteiger partial charge in [-0.05, 0) is 37.3 Å². The molecule has 0 unspecified atom stereocenters. The summed E-state index contributed by atoms with van der Waals surface area (Å²) in [4.78, 5) is 29.6. The lowest BCUT2D eigenvalue weighted by Gasteiger charge is -2.32. The average molecular weight is 439 g/mol. The highest BCUT2D eigenvalue weighted by Gasteiger charge is 2.38. The first-order valence-electron chi connectivity index (χ1n) is 12.2. The van der Waals surface area contributed by atoms with Crippen LogP contribution in [0, 0.1) is 0 Å². The van der Waals surface area contributed by atoms with Crippen LogP contribution in [0.2, 0.25) is 0 Å². The number of likely N-dealkylation sites (N-methyl/N-ethyl adjacent to an activating group) is 1. The van der Waals surface area contributed by atoms with Crippen LogP contribution in [-0.4, -0.2) is 55.5 Å². The highest BCUT2D eigenvalue weighted by molar-refractivity contribution is 5.94. The van der Waals surface area contributed by atoms with Gasteiger partial charge in [0.15, 0.2) is 5.78 Å². The van der Waals surface area contributed by atoms with Crippen LogP contribution in [0.25, 0.3) is 0 Å². The molecule has 0 bridgehead atoms.